The largest absolute Gasteiger partial charge is 0.326 e. The van der Waals surface area contributed by atoms with Crippen LogP contribution in [0.25, 0.3) is 10.6 Å². The summed E-state index contributed by atoms with van der Waals surface area (Å²) in [5, 5.41) is 15.1. The molecule has 1 aromatic heterocycles. The molecular weight excluding hydrogens is 360 g/mol. The highest BCUT2D eigenvalue weighted by Gasteiger charge is 2.31. The number of hydrogen-bond acceptors (Lipinski definition) is 5. The van der Waals surface area contributed by atoms with Gasteiger partial charge in [0.05, 0.1) is 5.92 Å². The van der Waals surface area contributed by atoms with Crippen LogP contribution >= 0.6 is 11.3 Å². The highest BCUT2D eigenvalue weighted by atomic mass is 32.1. The maximum atomic E-state index is 12.8. The molecule has 0 bridgehead atoms. The van der Waals surface area contributed by atoms with E-state index in [9.17, 15) is 9.59 Å². The van der Waals surface area contributed by atoms with Crippen molar-refractivity contribution in [2.45, 2.75) is 26.2 Å². The number of carbonyl (C=O) groups is 2. The SMILES string of the molecule is Cc1ccc(-c2nnc(NC(=O)C3CC(=O)Nc4ccccc43)s2)c(C)c1. The monoisotopic (exact) mass is 378 g/mol. The standard InChI is InChI=1S/C20H18N4O2S/c1-11-7-8-13(12(2)9-11)19-23-24-20(27-19)22-18(26)15-10-17(25)21-16-6-4-3-5-14(15)16/h3-9,15H,10H2,1-2H3,(H,21,25)(H,22,24,26). The highest BCUT2D eigenvalue weighted by molar-refractivity contribution is 7.18. The van der Waals surface area contributed by atoms with Crippen LogP contribution in [0.3, 0.4) is 0 Å². The van der Waals surface area contributed by atoms with Crippen LogP contribution in [0.1, 0.15) is 29.0 Å². The zero-order chi connectivity index (χ0) is 19.0. The molecule has 2 amide bonds. The molecule has 2 heterocycles. The molecule has 0 saturated heterocycles. The summed E-state index contributed by atoms with van der Waals surface area (Å²) in [7, 11) is 0. The predicted octanol–water partition coefficient (Wildman–Crippen LogP) is 3.89. The molecule has 2 aromatic carbocycles. The minimum atomic E-state index is -0.539. The summed E-state index contributed by atoms with van der Waals surface area (Å²) in [5.41, 5.74) is 4.79. The van der Waals surface area contributed by atoms with E-state index in [-0.39, 0.29) is 18.2 Å². The van der Waals surface area contributed by atoms with Gasteiger partial charge in [0.15, 0.2) is 0 Å². The second-order valence-corrected chi connectivity index (χ2v) is 7.59. The van der Waals surface area contributed by atoms with Crippen LogP contribution < -0.4 is 10.6 Å². The quantitative estimate of drug-likeness (QED) is 0.724. The lowest BCUT2D eigenvalue weighted by Gasteiger charge is -2.24. The summed E-state index contributed by atoms with van der Waals surface area (Å²) in [6, 6.07) is 13.5. The first-order chi connectivity index (χ1) is 13.0. The molecule has 3 aromatic rings. The second-order valence-electron chi connectivity index (χ2n) is 6.61. The van der Waals surface area contributed by atoms with E-state index in [1.165, 1.54) is 16.9 Å². The topological polar surface area (TPSA) is 84.0 Å². The number of para-hydroxylation sites is 1. The van der Waals surface area contributed by atoms with Crippen molar-refractivity contribution >= 4 is 34.0 Å². The van der Waals surface area contributed by atoms with Crippen LogP contribution in [0.15, 0.2) is 42.5 Å². The number of nitrogens with one attached hydrogen (secondary N) is 2. The van der Waals surface area contributed by atoms with E-state index >= 15 is 0 Å². The van der Waals surface area contributed by atoms with Gasteiger partial charge >= 0.3 is 0 Å². The predicted molar refractivity (Wildman–Crippen MR) is 106 cm³/mol. The van der Waals surface area contributed by atoms with E-state index in [2.05, 4.69) is 26.9 Å². The molecule has 6 nitrogen and oxygen atoms in total. The minimum Gasteiger partial charge on any atom is -0.326 e. The lowest BCUT2D eigenvalue weighted by Crippen LogP contribution is -2.30. The lowest BCUT2D eigenvalue weighted by atomic mass is 9.90. The van der Waals surface area contributed by atoms with Gasteiger partial charge in [0, 0.05) is 17.7 Å². The van der Waals surface area contributed by atoms with Crippen molar-refractivity contribution in [1.82, 2.24) is 10.2 Å². The van der Waals surface area contributed by atoms with Crippen molar-refractivity contribution in [3.8, 4) is 10.6 Å². The molecule has 1 atom stereocenters. The number of fused-ring (bicyclic) bond motifs is 1. The fourth-order valence-corrected chi connectivity index (χ4v) is 4.11. The molecule has 1 aliphatic rings. The van der Waals surface area contributed by atoms with Gasteiger partial charge in [-0.3, -0.25) is 14.9 Å². The van der Waals surface area contributed by atoms with Gasteiger partial charge in [-0.25, -0.2) is 0 Å². The summed E-state index contributed by atoms with van der Waals surface area (Å²) < 4.78 is 0. The van der Waals surface area contributed by atoms with Gasteiger partial charge in [-0.1, -0.05) is 53.3 Å². The molecule has 0 saturated carbocycles. The fourth-order valence-electron chi connectivity index (χ4n) is 3.27. The highest BCUT2D eigenvalue weighted by Crippen LogP contribution is 2.34. The van der Waals surface area contributed by atoms with Crippen LogP contribution in [0, 0.1) is 13.8 Å². The Labute approximate surface area is 160 Å². The Bertz CT molecular complexity index is 1040. The third-order valence-electron chi connectivity index (χ3n) is 4.58. The van der Waals surface area contributed by atoms with Crippen molar-refractivity contribution in [3.63, 3.8) is 0 Å². The third-order valence-corrected chi connectivity index (χ3v) is 5.46. The van der Waals surface area contributed by atoms with Crippen molar-refractivity contribution in [3.05, 3.63) is 59.2 Å². The van der Waals surface area contributed by atoms with Gasteiger partial charge in [-0.15, -0.1) is 10.2 Å². The number of anilines is 2. The summed E-state index contributed by atoms with van der Waals surface area (Å²) in [6.07, 6.45) is 0.117. The van der Waals surface area contributed by atoms with Gasteiger partial charge < -0.3 is 5.32 Å². The first kappa shape index (κ1) is 17.4. The second kappa shape index (κ2) is 6.92. The van der Waals surface area contributed by atoms with E-state index in [0.717, 1.165) is 21.7 Å². The summed E-state index contributed by atoms with van der Waals surface area (Å²) in [6.45, 7) is 4.07. The molecular formula is C20H18N4O2S. The van der Waals surface area contributed by atoms with Gasteiger partial charge in [0.1, 0.15) is 5.01 Å². The Balaban J connectivity index is 1.56. The first-order valence-corrected chi connectivity index (χ1v) is 9.43. The molecule has 7 heteroatoms. The summed E-state index contributed by atoms with van der Waals surface area (Å²) >= 11 is 1.33. The molecule has 136 valence electrons. The maximum Gasteiger partial charge on any atom is 0.234 e. The summed E-state index contributed by atoms with van der Waals surface area (Å²) in [5.74, 6) is -0.953. The average Bonchev–Trinajstić information content (AvgIpc) is 3.09. The Hall–Kier alpha value is -3.06. The van der Waals surface area contributed by atoms with E-state index in [1.807, 2.05) is 44.2 Å². The number of aromatic nitrogens is 2. The Morgan fingerprint density at radius 1 is 1.19 bits per heavy atom. The Kier molecular flexibility index (Phi) is 4.45. The Morgan fingerprint density at radius 3 is 2.81 bits per heavy atom. The number of carbonyl (C=O) groups excluding carboxylic acids is 2. The number of amides is 2. The average molecular weight is 378 g/mol. The third kappa shape index (κ3) is 3.46. The lowest BCUT2D eigenvalue weighted by molar-refractivity contribution is -0.123. The van der Waals surface area contributed by atoms with Gasteiger partial charge in [0.25, 0.3) is 0 Å². The van der Waals surface area contributed by atoms with E-state index in [0.29, 0.717) is 10.8 Å². The van der Waals surface area contributed by atoms with Gasteiger partial charge in [-0.05, 0) is 31.0 Å². The van der Waals surface area contributed by atoms with Crippen molar-refractivity contribution in [1.29, 1.82) is 0 Å². The van der Waals surface area contributed by atoms with Crippen molar-refractivity contribution in [2.75, 3.05) is 10.6 Å². The Morgan fingerprint density at radius 2 is 2.00 bits per heavy atom. The number of rotatable bonds is 3. The van der Waals surface area contributed by atoms with Crippen LogP contribution in [0.2, 0.25) is 0 Å². The molecule has 0 aliphatic carbocycles. The molecule has 2 N–H and O–H groups in total. The van der Waals surface area contributed by atoms with Crippen LogP contribution in [0.4, 0.5) is 10.8 Å². The zero-order valence-electron chi connectivity index (χ0n) is 14.9. The van der Waals surface area contributed by atoms with Crippen molar-refractivity contribution < 1.29 is 9.59 Å². The molecule has 27 heavy (non-hydrogen) atoms. The fraction of sp³-hybridized carbons (Fsp3) is 0.200. The molecule has 1 unspecified atom stereocenters. The normalized spacial score (nSPS) is 15.8. The van der Waals surface area contributed by atoms with Gasteiger partial charge in [-0.2, -0.15) is 0 Å². The van der Waals surface area contributed by atoms with Crippen molar-refractivity contribution in [2.24, 2.45) is 0 Å². The zero-order valence-corrected chi connectivity index (χ0v) is 15.8. The van der Waals surface area contributed by atoms with Crippen LogP contribution in [-0.2, 0) is 9.59 Å². The van der Waals surface area contributed by atoms with Crippen LogP contribution in [0.5, 0.6) is 0 Å². The summed E-state index contributed by atoms with van der Waals surface area (Å²) in [4.78, 5) is 24.7. The molecule has 0 radical (unpaired) electrons. The number of benzene rings is 2. The molecule has 4 rings (SSSR count). The first-order valence-electron chi connectivity index (χ1n) is 8.62. The molecule has 0 fully saturated rings. The number of hydrogen-bond donors (Lipinski definition) is 2. The van der Waals surface area contributed by atoms with Crippen LogP contribution in [-0.4, -0.2) is 22.0 Å². The molecule has 1 aliphatic heterocycles. The van der Waals surface area contributed by atoms with E-state index < -0.39 is 5.92 Å². The van der Waals surface area contributed by atoms with Gasteiger partial charge in [0.2, 0.25) is 16.9 Å². The smallest absolute Gasteiger partial charge is 0.234 e. The number of aryl methyl sites for hydroxylation is 2. The minimum absolute atomic E-state index is 0.117. The molecule has 0 spiro atoms. The van der Waals surface area contributed by atoms with E-state index in [1.54, 1.807) is 6.07 Å². The maximum absolute atomic E-state index is 12.8. The number of nitrogens with zero attached hydrogens (tertiary/aromatic N) is 2. The van der Waals surface area contributed by atoms with E-state index in [4.69, 9.17) is 0 Å².